The average Bonchev–Trinajstić information content (AvgIpc) is 3.11. The predicted molar refractivity (Wildman–Crippen MR) is 87.4 cm³/mol. The molecule has 0 radical (unpaired) electrons. The Morgan fingerprint density at radius 3 is 2.91 bits per heavy atom. The third kappa shape index (κ3) is 3.84. The molecule has 2 aromatic rings. The molecule has 1 aliphatic heterocycles. The fraction of sp³-hybridized carbons (Fsp3) is 0.467. The van der Waals surface area contributed by atoms with Gasteiger partial charge in [0.05, 0.1) is 11.8 Å². The van der Waals surface area contributed by atoms with Crippen molar-refractivity contribution in [3.8, 4) is 5.69 Å². The zero-order valence-electron chi connectivity index (χ0n) is 12.6. The van der Waals surface area contributed by atoms with Crippen molar-refractivity contribution in [2.45, 2.75) is 19.6 Å². The number of aromatic nitrogens is 3. The number of hydrogen-bond acceptors (Lipinski definition) is 5. The zero-order chi connectivity index (χ0) is 14.7. The van der Waals surface area contributed by atoms with Crippen molar-refractivity contribution in [3.05, 3.63) is 42.0 Å². The number of rotatable bonds is 5. The van der Waals surface area contributed by atoms with Crippen molar-refractivity contribution in [3.63, 3.8) is 0 Å². The molecule has 2 atom stereocenters. The van der Waals surface area contributed by atoms with Crippen LogP contribution in [-0.2, 0) is 6.54 Å². The fourth-order valence-electron chi connectivity index (χ4n) is 2.75. The zero-order valence-corrected chi connectivity index (χ0v) is 13.4. The maximum absolute atomic E-state index is 9.75. The molecule has 6 nitrogen and oxygen atoms in total. The summed E-state index contributed by atoms with van der Waals surface area (Å²) >= 11 is 0. The molecule has 3 rings (SSSR count). The van der Waals surface area contributed by atoms with E-state index in [0.717, 1.165) is 25.3 Å². The van der Waals surface area contributed by atoms with E-state index in [-0.39, 0.29) is 18.5 Å². The lowest BCUT2D eigenvalue weighted by molar-refractivity contribution is 0.146. The number of nitrogens with zero attached hydrogens (tertiary/aromatic N) is 3. The topological polar surface area (TPSA) is 75.0 Å². The van der Waals surface area contributed by atoms with Gasteiger partial charge in [-0.05, 0) is 24.1 Å². The molecule has 120 valence electrons. The second kappa shape index (κ2) is 7.69. The van der Waals surface area contributed by atoms with E-state index in [1.165, 1.54) is 17.5 Å². The van der Waals surface area contributed by atoms with Crippen molar-refractivity contribution >= 4 is 12.4 Å². The minimum Gasteiger partial charge on any atom is -0.391 e. The highest BCUT2D eigenvalue weighted by atomic mass is 35.5. The molecule has 3 N–H and O–H groups in total. The predicted octanol–water partition coefficient (Wildman–Crippen LogP) is 0.667. The van der Waals surface area contributed by atoms with E-state index in [1.807, 2.05) is 0 Å². The number of benzene rings is 1. The quantitative estimate of drug-likeness (QED) is 0.754. The molecule has 0 amide bonds. The van der Waals surface area contributed by atoms with E-state index in [9.17, 15) is 5.11 Å². The van der Waals surface area contributed by atoms with E-state index in [1.54, 1.807) is 11.0 Å². The molecule has 1 saturated heterocycles. The molecular formula is C15H22ClN5O. The van der Waals surface area contributed by atoms with Crippen LogP contribution in [0.5, 0.6) is 0 Å². The Bertz CT molecular complexity index is 590. The Morgan fingerprint density at radius 2 is 2.27 bits per heavy atom. The molecule has 0 spiro atoms. The van der Waals surface area contributed by atoms with Crippen molar-refractivity contribution in [1.29, 1.82) is 0 Å². The molecule has 0 saturated carbocycles. The third-order valence-electron chi connectivity index (χ3n) is 3.97. The summed E-state index contributed by atoms with van der Waals surface area (Å²) in [5, 5.41) is 20.5. The van der Waals surface area contributed by atoms with Crippen LogP contribution < -0.4 is 10.6 Å². The summed E-state index contributed by atoms with van der Waals surface area (Å²) in [6.07, 6.45) is 3.01. The van der Waals surface area contributed by atoms with Gasteiger partial charge in [-0.2, -0.15) is 5.10 Å². The Hall–Kier alpha value is -1.47. The van der Waals surface area contributed by atoms with Gasteiger partial charge in [0, 0.05) is 32.1 Å². The minimum absolute atomic E-state index is 0. The van der Waals surface area contributed by atoms with Gasteiger partial charge in [0.15, 0.2) is 0 Å². The smallest absolute Gasteiger partial charge is 0.138 e. The van der Waals surface area contributed by atoms with E-state index in [2.05, 4.69) is 45.8 Å². The Morgan fingerprint density at radius 1 is 1.41 bits per heavy atom. The molecule has 7 heteroatoms. The van der Waals surface area contributed by atoms with Crippen LogP contribution in [0.1, 0.15) is 11.1 Å². The number of β-amino-alcohol motifs (C(OH)–C–C–N with tert-alkyl or cyclic N) is 1. The lowest BCUT2D eigenvalue weighted by atomic mass is 10.1. The highest BCUT2D eigenvalue weighted by molar-refractivity contribution is 5.85. The number of nitrogens with one attached hydrogen (secondary N) is 2. The first kappa shape index (κ1) is 16.9. The summed E-state index contributed by atoms with van der Waals surface area (Å²) in [6.45, 7) is 5.31. The maximum Gasteiger partial charge on any atom is 0.138 e. The minimum atomic E-state index is -0.228. The van der Waals surface area contributed by atoms with Crippen LogP contribution in [0.4, 0.5) is 0 Å². The van der Waals surface area contributed by atoms with Gasteiger partial charge in [0.1, 0.15) is 12.7 Å². The summed E-state index contributed by atoms with van der Waals surface area (Å²) in [5.41, 5.74) is 3.45. The van der Waals surface area contributed by atoms with Crippen LogP contribution in [0.2, 0.25) is 0 Å². The van der Waals surface area contributed by atoms with Crippen molar-refractivity contribution in [1.82, 2.24) is 25.4 Å². The van der Waals surface area contributed by atoms with Crippen molar-refractivity contribution in [2.24, 2.45) is 5.92 Å². The summed E-state index contributed by atoms with van der Waals surface area (Å²) < 4.78 is 1.77. The van der Waals surface area contributed by atoms with Crippen LogP contribution in [0.25, 0.3) is 5.69 Å². The first-order chi connectivity index (χ1) is 10.2. The Labute approximate surface area is 136 Å². The summed E-state index contributed by atoms with van der Waals surface area (Å²) in [7, 11) is 0. The summed E-state index contributed by atoms with van der Waals surface area (Å²) in [5.74, 6) is 0.306. The average molecular weight is 324 g/mol. The number of halogens is 1. The van der Waals surface area contributed by atoms with Crippen LogP contribution in [-0.4, -0.2) is 45.6 Å². The summed E-state index contributed by atoms with van der Waals surface area (Å²) in [4.78, 5) is 3.97. The molecule has 1 aliphatic rings. The number of aliphatic hydroxyl groups excluding tert-OH is 1. The highest BCUT2D eigenvalue weighted by Crippen LogP contribution is 2.15. The van der Waals surface area contributed by atoms with Gasteiger partial charge >= 0.3 is 0 Å². The Balaban J connectivity index is 0.00000176. The van der Waals surface area contributed by atoms with Crippen LogP contribution in [0.3, 0.4) is 0 Å². The third-order valence-corrected chi connectivity index (χ3v) is 3.97. The molecule has 2 heterocycles. The van der Waals surface area contributed by atoms with Crippen molar-refractivity contribution < 1.29 is 5.11 Å². The molecule has 2 unspecified atom stereocenters. The SMILES string of the molecule is Cc1cc(CNCC2CNCC2O)ccc1-n1cncn1.Cl. The van der Waals surface area contributed by atoms with Crippen LogP contribution in [0, 0.1) is 12.8 Å². The standard InChI is InChI=1S/C15H21N5O.ClH/c1-11-4-12(2-3-14(11)20-10-18-9-19-20)5-16-6-13-7-17-8-15(13)21;/h2-4,9-10,13,15-17,21H,5-8H2,1H3;1H. The largest absolute Gasteiger partial charge is 0.391 e. The van der Waals surface area contributed by atoms with Crippen LogP contribution >= 0.6 is 12.4 Å². The Kier molecular flexibility index (Phi) is 5.90. The second-order valence-electron chi connectivity index (χ2n) is 5.58. The van der Waals surface area contributed by atoms with Gasteiger partial charge < -0.3 is 15.7 Å². The molecule has 1 aromatic heterocycles. The lowest BCUT2D eigenvalue weighted by Gasteiger charge is -2.14. The van der Waals surface area contributed by atoms with E-state index < -0.39 is 0 Å². The normalized spacial score (nSPS) is 20.8. The van der Waals surface area contributed by atoms with E-state index >= 15 is 0 Å². The number of aryl methyl sites for hydroxylation is 1. The van der Waals surface area contributed by atoms with E-state index in [4.69, 9.17) is 0 Å². The molecular weight excluding hydrogens is 302 g/mol. The maximum atomic E-state index is 9.75. The lowest BCUT2D eigenvalue weighted by Crippen LogP contribution is -2.30. The van der Waals surface area contributed by atoms with Gasteiger partial charge in [-0.15, -0.1) is 12.4 Å². The first-order valence-electron chi connectivity index (χ1n) is 7.28. The van der Waals surface area contributed by atoms with Gasteiger partial charge in [-0.3, -0.25) is 0 Å². The first-order valence-corrected chi connectivity index (χ1v) is 7.28. The second-order valence-corrected chi connectivity index (χ2v) is 5.58. The number of hydrogen-bond donors (Lipinski definition) is 3. The summed E-state index contributed by atoms with van der Waals surface area (Å²) in [6, 6.07) is 6.32. The molecule has 1 aromatic carbocycles. The molecule has 0 aliphatic carbocycles. The highest BCUT2D eigenvalue weighted by Gasteiger charge is 2.23. The molecule has 22 heavy (non-hydrogen) atoms. The van der Waals surface area contributed by atoms with Crippen LogP contribution in [0.15, 0.2) is 30.9 Å². The van der Waals surface area contributed by atoms with Gasteiger partial charge in [-0.25, -0.2) is 9.67 Å². The van der Waals surface area contributed by atoms with Gasteiger partial charge in [-0.1, -0.05) is 12.1 Å². The van der Waals surface area contributed by atoms with Gasteiger partial charge in [0.25, 0.3) is 0 Å². The molecule has 0 bridgehead atoms. The van der Waals surface area contributed by atoms with Crippen molar-refractivity contribution in [2.75, 3.05) is 19.6 Å². The monoisotopic (exact) mass is 323 g/mol. The molecule has 1 fully saturated rings. The fourth-order valence-corrected chi connectivity index (χ4v) is 2.75. The van der Waals surface area contributed by atoms with Gasteiger partial charge in [0.2, 0.25) is 0 Å². The van der Waals surface area contributed by atoms with E-state index in [0.29, 0.717) is 12.5 Å². The number of aliphatic hydroxyl groups is 1.